The summed E-state index contributed by atoms with van der Waals surface area (Å²) in [6, 6.07) is 6.47. The van der Waals surface area contributed by atoms with Crippen LogP contribution in [0.5, 0.6) is 5.88 Å². The molecule has 0 aliphatic carbocycles. The maximum Gasteiger partial charge on any atom is 0.272 e. The number of alkyl halides is 2. The molecule has 1 fully saturated rings. The lowest BCUT2D eigenvalue weighted by atomic mass is 9.83. The fraction of sp³-hybridized carbons (Fsp3) is 0.458. The molecule has 1 aromatic carbocycles. The number of benzene rings is 1. The van der Waals surface area contributed by atoms with Gasteiger partial charge in [0.25, 0.3) is 6.43 Å². The zero-order valence-electron chi connectivity index (χ0n) is 19.4. The predicted molar refractivity (Wildman–Crippen MR) is 123 cm³/mol. The van der Waals surface area contributed by atoms with E-state index in [-0.39, 0.29) is 35.5 Å². The maximum atomic E-state index is 13.4. The van der Waals surface area contributed by atoms with E-state index in [1.807, 2.05) is 0 Å². The van der Waals surface area contributed by atoms with Crippen LogP contribution in [-0.4, -0.2) is 49.6 Å². The first-order valence-corrected chi connectivity index (χ1v) is 12.6. The Hall–Kier alpha value is -2.88. The number of hydrogen-bond donors (Lipinski definition) is 0. The van der Waals surface area contributed by atoms with Crippen LogP contribution < -0.4 is 9.64 Å². The first kappa shape index (κ1) is 24.3. The average Bonchev–Trinajstić information content (AvgIpc) is 2.91. The van der Waals surface area contributed by atoms with Gasteiger partial charge in [0.15, 0.2) is 22.2 Å². The molecule has 182 valence electrons. The van der Waals surface area contributed by atoms with Crippen molar-refractivity contribution in [1.29, 1.82) is 0 Å². The highest BCUT2D eigenvalue weighted by Gasteiger charge is 2.47. The van der Waals surface area contributed by atoms with Gasteiger partial charge in [-0.1, -0.05) is 6.92 Å². The number of fused-ring (bicyclic) bond motifs is 1. The van der Waals surface area contributed by atoms with E-state index in [2.05, 4.69) is 4.98 Å². The minimum absolute atomic E-state index is 0.00821. The summed E-state index contributed by atoms with van der Waals surface area (Å²) in [7, 11) is -3.07. The number of carbonyl (C=O) groups excluding carboxylic acids is 2. The van der Waals surface area contributed by atoms with Crippen LogP contribution in [0.25, 0.3) is 0 Å². The summed E-state index contributed by atoms with van der Waals surface area (Å²) in [5, 5.41) is 0. The molecule has 10 heteroatoms. The summed E-state index contributed by atoms with van der Waals surface area (Å²) in [5.74, 6) is -0.448. The topological polar surface area (TPSA) is 93.6 Å². The van der Waals surface area contributed by atoms with E-state index in [1.165, 1.54) is 17.2 Å². The van der Waals surface area contributed by atoms with Gasteiger partial charge in [0.2, 0.25) is 11.8 Å². The number of Topliss-reactive ketones (excluding diaryl/α,β-unsaturated/α-hetero) is 1. The third-order valence-corrected chi connectivity index (χ3v) is 8.62. The lowest BCUT2D eigenvalue weighted by molar-refractivity contribution is -0.121. The molecule has 7 nitrogen and oxygen atoms in total. The Balaban J connectivity index is 1.67. The van der Waals surface area contributed by atoms with E-state index in [0.29, 0.717) is 28.1 Å². The largest absolute Gasteiger partial charge is 0.472 e. The molecule has 1 aromatic heterocycles. The van der Waals surface area contributed by atoms with E-state index < -0.39 is 33.7 Å². The Morgan fingerprint density at radius 3 is 2.47 bits per heavy atom. The minimum atomic E-state index is -3.07. The van der Waals surface area contributed by atoms with Gasteiger partial charge < -0.3 is 4.74 Å². The minimum Gasteiger partial charge on any atom is -0.472 e. The SMILES string of the molecule is Cc1cnc(OCC(F)F)cc1N1C(=O)C(C)(C)c2cc(C(=O)CC3(C)CS(=O)(=O)C3)ccc21. The zero-order chi connectivity index (χ0) is 25.1. The standard InChI is InChI=1S/C24H26F2N2O5S/c1-14-10-27-21(33-11-20(25)26)8-18(14)28-17-6-5-15(7-16(17)23(2,3)22(28)30)19(29)9-24(4)12-34(31,32)13-24/h5-8,10,20H,9,11-13H2,1-4H3. The molecule has 2 aliphatic heterocycles. The lowest BCUT2D eigenvalue weighted by Crippen LogP contribution is -2.47. The van der Waals surface area contributed by atoms with Crippen molar-refractivity contribution in [1.82, 2.24) is 4.98 Å². The van der Waals surface area contributed by atoms with Gasteiger partial charge in [-0.3, -0.25) is 14.5 Å². The summed E-state index contributed by atoms with van der Waals surface area (Å²) in [5.41, 5.74) is 1.24. The smallest absolute Gasteiger partial charge is 0.272 e. The van der Waals surface area contributed by atoms with Crippen molar-refractivity contribution in [2.45, 2.75) is 46.0 Å². The van der Waals surface area contributed by atoms with Gasteiger partial charge in [-0.25, -0.2) is 22.2 Å². The quantitative estimate of drug-likeness (QED) is 0.543. The number of nitrogens with zero attached hydrogens (tertiary/aromatic N) is 2. The molecule has 0 atom stereocenters. The fourth-order valence-electron chi connectivity index (χ4n) is 4.72. The first-order valence-electron chi connectivity index (χ1n) is 10.8. The van der Waals surface area contributed by atoms with E-state index in [9.17, 15) is 26.8 Å². The molecule has 34 heavy (non-hydrogen) atoms. The number of sulfone groups is 1. The van der Waals surface area contributed by atoms with Crippen LogP contribution in [0, 0.1) is 12.3 Å². The third kappa shape index (κ3) is 4.31. The van der Waals surface area contributed by atoms with Crippen molar-refractivity contribution < 1.29 is 31.5 Å². The van der Waals surface area contributed by atoms with Gasteiger partial charge in [-0.15, -0.1) is 0 Å². The lowest BCUT2D eigenvalue weighted by Gasteiger charge is -2.37. The van der Waals surface area contributed by atoms with Gasteiger partial charge in [0, 0.05) is 29.7 Å². The molecule has 0 N–H and O–H groups in total. The second-order valence-electron chi connectivity index (χ2n) is 9.95. The second kappa shape index (κ2) is 8.11. The Labute approximate surface area is 197 Å². The van der Waals surface area contributed by atoms with Crippen LogP contribution in [0.2, 0.25) is 0 Å². The van der Waals surface area contributed by atoms with E-state index in [4.69, 9.17) is 4.74 Å². The molecule has 0 radical (unpaired) electrons. The molecular weight excluding hydrogens is 466 g/mol. The number of aryl methyl sites for hydroxylation is 1. The molecule has 0 unspecified atom stereocenters. The van der Waals surface area contributed by atoms with Crippen LogP contribution in [0.15, 0.2) is 30.5 Å². The highest BCUT2D eigenvalue weighted by molar-refractivity contribution is 7.92. The molecule has 3 heterocycles. The Bertz CT molecular complexity index is 1280. The average molecular weight is 493 g/mol. The Kier molecular flexibility index (Phi) is 5.78. The maximum absolute atomic E-state index is 13.4. The molecule has 1 saturated heterocycles. The van der Waals surface area contributed by atoms with Crippen molar-refractivity contribution in [3.05, 3.63) is 47.2 Å². The summed E-state index contributed by atoms with van der Waals surface area (Å²) in [6.07, 6.45) is -1.09. The van der Waals surface area contributed by atoms with Crippen LogP contribution in [0.1, 0.15) is 48.7 Å². The van der Waals surface area contributed by atoms with Gasteiger partial charge in [0.05, 0.1) is 28.3 Å². The van der Waals surface area contributed by atoms with E-state index in [1.54, 1.807) is 45.9 Å². The number of carbonyl (C=O) groups is 2. The van der Waals surface area contributed by atoms with Gasteiger partial charge in [0.1, 0.15) is 0 Å². The molecule has 2 aromatic rings. The van der Waals surface area contributed by atoms with Crippen molar-refractivity contribution >= 4 is 32.9 Å². The van der Waals surface area contributed by atoms with Crippen LogP contribution in [0.3, 0.4) is 0 Å². The number of pyridine rings is 1. The van der Waals surface area contributed by atoms with Crippen molar-refractivity contribution in [3.8, 4) is 5.88 Å². The molecule has 0 spiro atoms. The Morgan fingerprint density at radius 1 is 1.18 bits per heavy atom. The number of halogens is 2. The zero-order valence-corrected chi connectivity index (χ0v) is 20.2. The van der Waals surface area contributed by atoms with Crippen molar-refractivity contribution in [2.24, 2.45) is 5.41 Å². The van der Waals surface area contributed by atoms with Gasteiger partial charge >= 0.3 is 0 Å². The molecule has 0 bridgehead atoms. The van der Waals surface area contributed by atoms with E-state index >= 15 is 0 Å². The normalized spacial score (nSPS) is 19.6. The number of rotatable bonds is 7. The molecule has 4 rings (SSSR count). The Morgan fingerprint density at radius 2 is 1.85 bits per heavy atom. The summed E-state index contributed by atoms with van der Waals surface area (Å²) in [6.45, 7) is 6.24. The highest BCUT2D eigenvalue weighted by Crippen LogP contribution is 2.47. The number of amides is 1. The fourth-order valence-corrected chi connectivity index (χ4v) is 6.97. The van der Waals surface area contributed by atoms with Crippen LogP contribution >= 0.6 is 0 Å². The number of ketones is 1. The molecular formula is C24H26F2N2O5S. The highest BCUT2D eigenvalue weighted by atomic mass is 32.2. The van der Waals surface area contributed by atoms with E-state index in [0.717, 1.165) is 0 Å². The summed E-state index contributed by atoms with van der Waals surface area (Å²) < 4.78 is 53.3. The van der Waals surface area contributed by atoms with Crippen LogP contribution in [0.4, 0.5) is 20.2 Å². The molecule has 2 aliphatic rings. The second-order valence-corrected chi connectivity index (χ2v) is 12.0. The molecule has 0 saturated carbocycles. The van der Waals surface area contributed by atoms with Crippen molar-refractivity contribution in [2.75, 3.05) is 23.0 Å². The third-order valence-electron chi connectivity index (χ3n) is 6.34. The number of hydrogen-bond acceptors (Lipinski definition) is 6. The number of ether oxygens (including phenoxy) is 1. The van der Waals surface area contributed by atoms with Crippen LogP contribution in [-0.2, 0) is 20.0 Å². The monoisotopic (exact) mass is 492 g/mol. The van der Waals surface area contributed by atoms with Gasteiger partial charge in [-0.2, -0.15) is 0 Å². The summed E-state index contributed by atoms with van der Waals surface area (Å²) in [4.78, 5) is 31.9. The van der Waals surface area contributed by atoms with Crippen molar-refractivity contribution in [3.63, 3.8) is 0 Å². The first-order chi connectivity index (χ1) is 15.7. The molecule has 1 amide bonds. The number of anilines is 2. The predicted octanol–water partition coefficient (Wildman–Crippen LogP) is 4.00. The van der Waals surface area contributed by atoms with Gasteiger partial charge in [-0.05, 0) is 50.1 Å². The number of aromatic nitrogens is 1. The summed E-state index contributed by atoms with van der Waals surface area (Å²) >= 11 is 0.